The zero-order valence-corrected chi connectivity index (χ0v) is 43.3. The number of hydrogen-bond acceptors (Lipinski definition) is 2. The van der Waals surface area contributed by atoms with Crippen LogP contribution in [-0.2, 0) is 9.47 Å². The van der Waals surface area contributed by atoms with Crippen LogP contribution in [0.3, 0.4) is 0 Å². The Morgan fingerprint density at radius 1 is 0.323 bits per heavy atom. The molecule has 0 aliphatic rings. The molecule has 0 saturated carbocycles. The van der Waals surface area contributed by atoms with E-state index >= 15 is 0 Å². The normalized spacial score (nSPS) is 6.90. The van der Waals surface area contributed by atoms with Gasteiger partial charge in [-0.2, -0.15) is 0 Å². The van der Waals surface area contributed by atoms with E-state index in [4.69, 9.17) is 4.74 Å². The molecule has 5 rings (SSSR count). The molecule has 0 fully saturated rings. The van der Waals surface area contributed by atoms with Crippen LogP contribution < -0.4 is 0 Å². The molecule has 0 aliphatic carbocycles. The third kappa shape index (κ3) is 157. The highest BCUT2D eigenvalue weighted by atomic mass is 16.5. The molecule has 0 saturated heterocycles. The van der Waals surface area contributed by atoms with E-state index in [0.29, 0.717) is 6.61 Å². The van der Waals surface area contributed by atoms with Crippen molar-refractivity contribution in [2.45, 2.75) is 117 Å². The van der Waals surface area contributed by atoms with Crippen LogP contribution in [0.2, 0.25) is 0 Å². The summed E-state index contributed by atoms with van der Waals surface area (Å²) in [4.78, 5) is 0. The lowest BCUT2D eigenvalue weighted by Gasteiger charge is -1.88. The first kappa shape index (κ1) is 80.5. The SMILES string of the molecule is C/C=C/C.C=CC.C=CCC.C=CCOCC.C=COCC.CC.CC.CC.CC.CC.c1ccccc1.c1ccccc1.c1ccccc1.c1ccccc1.c1ccccc1. The molecule has 5 aromatic rings. The number of rotatable bonds is 6. The monoisotopic (exact) mass is 853 g/mol. The molecule has 0 aromatic heterocycles. The van der Waals surface area contributed by atoms with Crippen LogP contribution in [0.15, 0.2) is 245 Å². The Kier molecular flexibility index (Phi) is 161. The topological polar surface area (TPSA) is 18.5 Å². The van der Waals surface area contributed by atoms with E-state index in [-0.39, 0.29) is 0 Å². The summed E-state index contributed by atoms with van der Waals surface area (Å²) in [6.45, 7) is 47.7. The van der Waals surface area contributed by atoms with Gasteiger partial charge in [0.15, 0.2) is 0 Å². The fourth-order valence-electron chi connectivity index (χ4n) is 2.24. The third-order valence-corrected chi connectivity index (χ3v) is 4.68. The summed E-state index contributed by atoms with van der Waals surface area (Å²) in [7, 11) is 0. The molecule has 2 heteroatoms. The Balaban J connectivity index is -0.0000000595. The van der Waals surface area contributed by atoms with Crippen molar-refractivity contribution in [2.24, 2.45) is 0 Å². The van der Waals surface area contributed by atoms with Crippen molar-refractivity contribution in [3.8, 4) is 0 Å². The van der Waals surface area contributed by atoms with Gasteiger partial charge >= 0.3 is 0 Å². The maximum atomic E-state index is 4.86. The van der Waals surface area contributed by atoms with Gasteiger partial charge in [0.25, 0.3) is 0 Å². The van der Waals surface area contributed by atoms with Gasteiger partial charge in [0.2, 0.25) is 0 Å². The standard InChI is InChI=1S/5C6H6.C5H10O.C4H8O.2C4H8.C3H6.5C2H6/c5*1-2-4-6-5-3-1;1-3-5-6-4-2;1-3-5-4-2;2*1-3-4-2;1-3-2;5*1-2/h5*1-6H;3H,1,4-5H2,2H3;3H,1,4H2,2H3;3-4H,1-2H3;3H,1,4H2,2H3;3H,1H2,2H3;5*1-2H3/b;;;;;;;4-3+;;;;;;;. The summed E-state index contributed by atoms with van der Waals surface area (Å²) in [6.07, 6.45) is 11.9. The highest BCUT2D eigenvalue weighted by molar-refractivity contribution is 5.01. The number of hydrogen-bond donors (Lipinski definition) is 0. The van der Waals surface area contributed by atoms with E-state index in [0.717, 1.165) is 19.6 Å². The first-order chi connectivity index (χ1) is 30.6. The zero-order chi connectivity index (χ0) is 49.7. The first-order valence-electron chi connectivity index (χ1n) is 22.7. The minimum Gasteiger partial charge on any atom is -0.502 e. The van der Waals surface area contributed by atoms with Gasteiger partial charge in [0, 0.05) is 6.61 Å². The van der Waals surface area contributed by atoms with E-state index in [1.807, 2.05) is 304 Å². The number of allylic oxidation sites excluding steroid dienone is 4. The van der Waals surface area contributed by atoms with Gasteiger partial charge in [-0.1, -0.05) is 295 Å². The first-order valence-corrected chi connectivity index (χ1v) is 22.7. The van der Waals surface area contributed by atoms with Crippen molar-refractivity contribution in [3.05, 3.63) is 245 Å². The van der Waals surface area contributed by atoms with E-state index in [1.54, 1.807) is 12.2 Å². The van der Waals surface area contributed by atoms with Gasteiger partial charge in [-0.25, -0.2) is 0 Å². The second-order valence-electron chi connectivity index (χ2n) is 9.12. The van der Waals surface area contributed by atoms with Crippen molar-refractivity contribution in [3.63, 3.8) is 0 Å². The summed E-state index contributed by atoms with van der Waals surface area (Å²) < 4.78 is 9.46. The van der Waals surface area contributed by atoms with Crippen LogP contribution in [-0.4, -0.2) is 19.8 Å². The van der Waals surface area contributed by atoms with E-state index in [2.05, 4.69) is 38.0 Å². The summed E-state index contributed by atoms with van der Waals surface area (Å²) >= 11 is 0. The molecule has 0 N–H and O–H groups in total. The molecule has 5 aromatic carbocycles. The van der Waals surface area contributed by atoms with Crippen molar-refractivity contribution < 1.29 is 9.47 Å². The smallest absolute Gasteiger partial charge is 0.0844 e. The van der Waals surface area contributed by atoms with Gasteiger partial charge in [-0.05, 0) is 41.0 Å². The van der Waals surface area contributed by atoms with Crippen LogP contribution in [0.1, 0.15) is 117 Å². The summed E-state index contributed by atoms with van der Waals surface area (Å²) in [5.74, 6) is 0. The van der Waals surface area contributed by atoms with Crippen molar-refractivity contribution in [1.82, 2.24) is 0 Å². The van der Waals surface area contributed by atoms with Gasteiger partial charge in [-0.15, -0.1) is 19.7 Å². The van der Waals surface area contributed by atoms with Crippen LogP contribution >= 0.6 is 0 Å². The highest BCUT2D eigenvalue weighted by Crippen LogP contribution is 1.82. The summed E-state index contributed by atoms with van der Waals surface area (Å²) in [5, 5.41) is 0. The molecule has 0 unspecified atom stereocenters. The minimum atomic E-state index is 0.677. The fraction of sp³-hybridized carbons (Fsp3) is 0.333. The predicted octanol–water partition coefficient (Wildman–Crippen LogP) is 20.3. The van der Waals surface area contributed by atoms with Crippen LogP contribution in [0.5, 0.6) is 0 Å². The Hall–Kier alpha value is -5.44. The van der Waals surface area contributed by atoms with E-state index in [1.165, 1.54) is 6.26 Å². The molecule has 0 radical (unpaired) electrons. The second-order valence-corrected chi connectivity index (χ2v) is 9.12. The van der Waals surface area contributed by atoms with Gasteiger partial charge in [0.1, 0.15) is 0 Å². The lowest BCUT2D eigenvalue weighted by molar-refractivity contribution is 0.178. The zero-order valence-electron chi connectivity index (χ0n) is 43.3. The Bertz CT molecular complexity index is 904. The fourth-order valence-corrected chi connectivity index (χ4v) is 2.24. The molecule has 0 heterocycles. The van der Waals surface area contributed by atoms with Gasteiger partial charge < -0.3 is 9.47 Å². The van der Waals surface area contributed by atoms with Crippen molar-refractivity contribution in [1.29, 1.82) is 0 Å². The molecule has 0 atom stereocenters. The van der Waals surface area contributed by atoms with Gasteiger partial charge in [0.05, 0.1) is 19.5 Å². The largest absolute Gasteiger partial charge is 0.502 e. The molecule has 62 heavy (non-hydrogen) atoms. The maximum Gasteiger partial charge on any atom is 0.0844 e. The molecule has 0 amide bonds. The third-order valence-electron chi connectivity index (χ3n) is 4.68. The Morgan fingerprint density at radius 3 is 0.516 bits per heavy atom. The molecule has 0 aliphatic heterocycles. The second kappa shape index (κ2) is 124. The predicted molar refractivity (Wildman–Crippen MR) is 294 cm³/mol. The lowest BCUT2D eigenvalue weighted by Crippen LogP contribution is -1.86. The summed E-state index contributed by atoms with van der Waals surface area (Å²) in [6, 6.07) is 60.0. The summed E-state index contributed by atoms with van der Waals surface area (Å²) in [5.41, 5.74) is 0. The quantitative estimate of drug-likeness (QED) is 0.0962. The van der Waals surface area contributed by atoms with Crippen LogP contribution in [0.25, 0.3) is 0 Å². The average Bonchev–Trinajstić information content (AvgIpc) is 3.40. The minimum absolute atomic E-state index is 0.677. The van der Waals surface area contributed by atoms with E-state index < -0.39 is 0 Å². The molecular weight excluding hydrogens is 753 g/mol. The van der Waals surface area contributed by atoms with Gasteiger partial charge in [-0.3, -0.25) is 0 Å². The molecule has 352 valence electrons. The average molecular weight is 853 g/mol. The maximum absolute atomic E-state index is 4.86. The van der Waals surface area contributed by atoms with Crippen molar-refractivity contribution in [2.75, 3.05) is 19.8 Å². The van der Waals surface area contributed by atoms with E-state index in [9.17, 15) is 0 Å². The Labute approximate surface area is 389 Å². The lowest BCUT2D eigenvalue weighted by atomic mass is 10.4. The molecular formula is C60H100O2. The highest BCUT2D eigenvalue weighted by Gasteiger charge is 1.68. The van der Waals surface area contributed by atoms with Crippen LogP contribution in [0.4, 0.5) is 0 Å². The molecule has 2 nitrogen and oxygen atoms in total. The number of benzene rings is 5. The van der Waals surface area contributed by atoms with Crippen molar-refractivity contribution >= 4 is 0 Å². The molecule has 0 spiro atoms. The number of ether oxygens (including phenoxy) is 2. The van der Waals surface area contributed by atoms with Crippen LogP contribution in [0, 0.1) is 0 Å². The molecule has 0 bridgehead atoms. The Morgan fingerprint density at radius 2 is 0.484 bits per heavy atom.